The largest absolute Gasteiger partial charge is 0.452 e. The fraction of sp³-hybridized carbons (Fsp3) is 0.222. The topological polar surface area (TPSA) is 85.3 Å². The first kappa shape index (κ1) is 13.6. The molecule has 2 aromatic rings. The molecule has 1 N–H and O–H groups in total. The van der Waals surface area contributed by atoms with Gasteiger partial charge in [0.05, 0.1) is 0 Å². The van der Waals surface area contributed by atoms with Crippen molar-refractivity contribution >= 4 is 10.0 Å². The summed E-state index contributed by atoms with van der Waals surface area (Å²) in [5.74, 6) is -1.44. The molecule has 2 aromatic heterocycles. The van der Waals surface area contributed by atoms with Gasteiger partial charge in [-0.2, -0.15) is 13.2 Å². The predicted molar refractivity (Wildman–Crippen MR) is 55.5 cm³/mol. The minimum absolute atomic E-state index is 0.145. The summed E-state index contributed by atoms with van der Waals surface area (Å²) in [6.07, 6.45) is -4.67. The second-order valence-electron chi connectivity index (χ2n) is 3.40. The lowest BCUT2D eigenvalue weighted by Crippen LogP contribution is -2.17. The van der Waals surface area contributed by atoms with Crippen LogP contribution in [0.2, 0.25) is 0 Å². The summed E-state index contributed by atoms with van der Waals surface area (Å²) in [4.78, 5) is 0. The van der Waals surface area contributed by atoms with Gasteiger partial charge in [0.2, 0.25) is 10.9 Å². The third-order valence-electron chi connectivity index (χ3n) is 2.16. The number of sulfonamides is 1. The molecule has 0 radical (unpaired) electrons. The van der Waals surface area contributed by atoms with Crippen LogP contribution in [-0.4, -0.2) is 20.6 Å². The molecule has 0 spiro atoms. The highest BCUT2D eigenvalue weighted by atomic mass is 32.2. The number of nitrogens with one attached hydrogen (secondary N) is 1. The van der Waals surface area contributed by atoms with Gasteiger partial charge < -0.3 is 8.94 Å². The Morgan fingerprint density at radius 2 is 2.00 bits per heavy atom. The van der Waals surface area contributed by atoms with Crippen LogP contribution in [0.25, 0.3) is 11.5 Å². The van der Waals surface area contributed by atoms with Crippen molar-refractivity contribution in [1.82, 2.24) is 9.88 Å². The molecular weight excluding hydrogens is 289 g/mol. The Bertz CT molecular complexity index is 686. The van der Waals surface area contributed by atoms with E-state index in [4.69, 9.17) is 4.42 Å². The maximum absolute atomic E-state index is 12.3. The second-order valence-corrected chi connectivity index (χ2v) is 5.22. The van der Waals surface area contributed by atoms with Crippen molar-refractivity contribution in [3.05, 3.63) is 24.0 Å². The Morgan fingerprint density at radius 3 is 2.53 bits per heavy atom. The van der Waals surface area contributed by atoms with Gasteiger partial charge in [-0.15, -0.1) is 0 Å². The van der Waals surface area contributed by atoms with E-state index < -0.39 is 27.1 Å². The lowest BCUT2D eigenvalue weighted by Gasteiger charge is -1.97. The van der Waals surface area contributed by atoms with E-state index in [-0.39, 0.29) is 11.5 Å². The molecule has 2 rings (SSSR count). The number of furan rings is 1. The molecule has 0 aromatic carbocycles. The SMILES string of the molecule is CNS(=O)(=O)c1ccc(-c2cc(C(F)(F)F)on2)o1. The number of hydrogen-bond donors (Lipinski definition) is 1. The van der Waals surface area contributed by atoms with Crippen LogP contribution in [0.4, 0.5) is 13.2 Å². The monoisotopic (exact) mass is 296 g/mol. The third kappa shape index (κ3) is 2.63. The second kappa shape index (κ2) is 4.38. The first-order chi connectivity index (χ1) is 8.74. The van der Waals surface area contributed by atoms with Gasteiger partial charge in [-0.1, -0.05) is 5.16 Å². The van der Waals surface area contributed by atoms with Gasteiger partial charge in [-0.25, -0.2) is 13.1 Å². The molecule has 0 saturated heterocycles. The van der Waals surface area contributed by atoms with Crippen LogP contribution in [-0.2, 0) is 16.2 Å². The molecule has 6 nitrogen and oxygen atoms in total. The first-order valence-electron chi connectivity index (χ1n) is 4.82. The van der Waals surface area contributed by atoms with Gasteiger partial charge in [0, 0.05) is 6.07 Å². The summed E-state index contributed by atoms with van der Waals surface area (Å²) in [5.41, 5.74) is -0.245. The molecule has 0 saturated carbocycles. The van der Waals surface area contributed by atoms with Crippen molar-refractivity contribution in [3.63, 3.8) is 0 Å². The summed E-state index contributed by atoms with van der Waals surface area (Å²) in [7, 11) is -2.63. The average molecular weight is 296 g/mol. The minimum atomic E-state index is -4.67. The zero-order chi connectivity index (χ0) is 14.3. The molecule has 0 fully saturated rings. The highest BCUT2D eigenvalue weighted by Gasteiger charge is 2.36. The lowest BCUT2D eigenvalue weighted by atomic mass is 10.3. The Labute approximate surface area is 105 Å². The predicted octanol–water partition coefficient (Wildman–Crippen LogP) is 1.86. The van der Waals surface area contributed by atoms with E-state index in [1.807, 2.05) is 4.72 Å². The highest BCUT2D eigenvalue weighted by Crippen LogP contribution is 2.32. The van der Waals surface area contributed by atoms with Crippen molar-refractivity contribution < 1.29 is 30.5 Å². The summed E-state index contributed by atoms with van der Waals surface area (Å²) < 4.78 is 70.7. The maximum Gasteiger partial charge on any atom is 0.452 e. The fourth-order valence-electron chi connectivity index (χ4n) is 1.23. The number of halogens is 3. The Hall–Kier alpha value is -1.81. The van der Waals surface area contributed by atoms with Crippen LogP contribution in [0.15, 0.2) is 32.2 Å². The smallest absolute Gasteiger partial charge is 0.441 e. The van der Waals surface area contributed by atoms with E-state index in [1.165, 1.54) is 13.1 Å². The quantitative estimate of drug-likeness (QED) is 0.934. The maximum atomic E-state index is 12.3. The lowest BCUT2D eigenvalue weighted by molar-refractivity contribution is -0.155. The zero-order valence-electron chi connectivity index (χ0n) is 9.35. The number of alkyl halides is 3. The molecule has 0 aliphatic heterocycles. The van der Waals surface area contributed by atoms with E-state index in [1.54, 1.807) is 0 Å². The van der Waals surface area contributed by atoms with Gasteiger partial charge in [0.25, 0.3) is 10.0 Å². The van der Waals surface area contributed by atoms with E-state index in [0.29, 0.717) is 6.07 Å². The molecule has 104 valence electrons. The van der Waals surface area contributed by atoms with Gasteiger partial charge in [-0.05, 0) is 19.2 Å². The fourth-order valence-corrected chi connectivity index (χ4v) is 1.88. The van der Waals surface area contributed by atoms with Crippen molar-refractivity contribution in [2.75, 3.05) is 7.05 Å². The van der Waals surface area contributed by atoms with Crippen LogP contribution < -0.4 is 4.72 Å². The van der Waals surface area contributed by atoms with Crippen LogP contribution in [0, 0.1) is 0 Å². The molecule has 0 aliphatic rings. The molecule has 0 atom stereocenters. The third-order valence-corrected chi connectivity index (χ3v) is 3.44. The van der Waals surface area contributed by atoms with E-state index in [9.17, 15) is 21.6 Å². The van der Waals surface area contributed by atoms with Crippen molar-refractivity contribution in [3.8, 4) is 11.5 Å². The Morgan fingerprint density at radius 1 is 1.32 bits per heavy atom. The number of hydrogen-bond acceptors (Lipinski definition) is 5. The van der Waals surface area contributed by atoms with Gasteiger partial charge in [0.15, 0.2) is 5.76 Å². The molecular formula is C9H7F3N2O4S. The molecule has 0 unspecified atom stereocenters. The molecule has 0 aliphatic carbocycles. The molecule has 0 amide bonds. The Kier molecular flexibility index (Phi) is 3.14. The molecule has 2 heterocycles. The van der Waals surface area contributed by atoms with Crippen LogP contribution in [0.1, 0.15) is 5.76 Å². The normalized spacial score (nSPS) is 12.8. The van der Waals surface area contributed by atoms with Crippen molar-refractivity contribution in [2.45, 2.75) is 11.3 Å². The minimum Gasteiger partial charge on any atom is -0.441 e. The van der Waals surface area contributed by atoms with Crippen molar-refractivity contribution in [2.24, 2.45) is 0 Å². The molecule has 10 heteroatoms. The number of nitrogens with zero attached hydrogens (tertiary/aromatic N) is 1. The Balaban J connectivity index is 2.37. The van der Waals surface area contributed by atoms with Gasteiger partial charge >= 0.3 is 6.18 Å². The number of rotatable bonds is 3. The van der Waals surface area contributed by atoms with Gasteiger partial charge in [0.1, 0.15) is 5.69 Å². The van der Waals surface area contributed by atoms with Crippen LogP contribution in [0.5, 0.6) is 0 Å². The highest BCUT2D eigenvalue weighted by molar-refractivity contribution is 7.89. The summed E-state index contributed by atoms with van der Waals surface area (Å²) in [6.45, 7) is 0. The standard InChI is InChI=1S/C9H7F3N2O4S/c1-13-19(15,16)8-3-2-6(17-8)5-4-7(18-14-5)9(10,11)12/h2-4,13H,1H3. The van der Waals surface area contributed by atoms with E-state index >= 15 is 0 Å². The average Bonchev–Trinajstić information content (AvgIpc) is 2.96. The summed E-state index contributed by atoms with van der Waals surface area (Å²) >= 11 is 0. The van der Waals surface area contributed by atoms with E-state index in [0.717, 1.165) is 6.07 Å². The van der Waals surface area contributed by atoms with Crippen LogP contribution in [0.3, 0.4) is 0 Å². The van der Waals surface area contributed by atoms with Crippen molar-refractivity contribution in [1.29, 1.82) is 0 Å². The van der Waals surface area contributed by atoms with Crippen LogP contribution >= 0.6 is 0 Å². The number of aromatic nitrogens is 1. The van der Waals surface area contributed by atoms with E-state index in [2.05, 4.69) is 9.68 Å². The molecule has 19 heavy (non-hydrogen) atoms. The summed E-state index contributed by atoms with van der Waals surface area (Å²) in [6, 6.07) is 2.90. The first-order valence-corrected chi connectivity index (χ1v) is 6.30. The summed E-state index contributed by atoms with van der Waals surface area (Å²) in [5, 5.41) is 2.74. The van der Waals surface area contributed by atoms with Gasteiger partial charge in [-0.3, -0.25) is 0 Å². The zero-order valence-corrected chi connectivity index (χ0v) is 10.2. The molecule has 0 bridgehead atoms.